The predicted molar refractivity (Wildman–Crippen MR) is 159 cm³/mol. The molecule has 0 saturated heterocycles. The Labute approximate surface area is 243 Å². The Bertz CT molecular complexity index is 1740. The number of ether oxygens (including phenoxy) is 1. The van der Waals surface area contributed by atoms with Crippen molar-refractivity contribution in [1.82, 2.24) is 19.6 Å². The summed E-state index contributed by atoms with van der Waals surface area (Å²) < 4.78 is 32.1. The number of benzene rings is 2. The molecule has 9 nitrogen and oxygen atoms in total. The molecule has 0 spiro atoms. The second kappa shape index (κ2) is 11.5. The van der Waals surface area contributed by atoms with Crippen LogP contribution in [0.2, 0.25) is 0 Å². The quantitative estimate of drug-likeness (QED) is 0.266. The van der Waals surface area contributed by atoms with E-state index in [1.54, 1.807) is 25.4 Å². The van der Waals surface area contributed by atoms with E-state index in [9.17, 15) is 18.0 Å². The molecule has 41 heavy (non-hydrogen) atoms. The number of carbonyl (C=O) groups is 2. The Balaban J connectivity index is 1.55. The first kappa shape index (κ1) is 27.2. The number of thiol groups is 1. The molecule has 4 aromatic rings. The summed E-state index contributed by atoms with van der Waals surface area (Å²) >= 11 is 1.48. The topological polar surface area (TPSA) is 119 Å². The third-order valence-electron chi connectivity index (χ3n) is 7.92. The van der Waals surface area contributed by atoms with Gasteiger partial charge >= 0.3 is 0 Å². The van der Waals surface area contributed by atoms with Gasteiger partial charge in [0.15, 0.2) is 0 Å². The number of thiazole rings is 1. The molecule has 0 bridgehead atoms. The lowest BCUT2D eigenvalue weighted by Gasteiger charge is -2.24. The number of rotatable bonds is 7. The second-order valence-electron chi connectivity index (χ2n) is 10.3. The molecule has 2 N–H and O–H groups in total. The molecular formula is C30H30N4O5S2. The largest absolute Gasteiger partial charge is 0.497 e. The minimum atomic E-state index is -3.09. The number of fused-ring (bicyclic) bond motifs is 5. The molecular weight excluding hydrogens is 560 g/mol. The van der Waals surface area contributed by atoms with Gasteiger partial charge in [-0.05, 0) is 66.3 Å². The van der Waals surface area contributed by atoms with Crippen LogP contribution in [0.4, 0.5) is 0 Å². The molecule has 212 valence electrons. The lowest BCUT2D eigenvalue weighted by Crippen LogP contribution is -2.26. The molecule has 0 radical (unpaired) electrons. The molecule has 11 heteroatoms. The van der Waals surface area contributed by atoms with Crippen LogP contribution in [0, 0.1) is 0 Å². The Morgan fingerprint density at radius 3 is 2.66 bits per heavy atom. The highest BCUT2D eigenvalue weighted by molar-refractivity contribution is 7.71. The van der Waals surface area contributed by atoms with Crippen molar-refractivity contribution in [3.8, 4) is 17.0 Å². The van der Waals surface area contributed by atoms with E-state index in [-0.39, 0.29) is 18.0 Å². The summed E-state index contributed by atoms with van der Waals surface area (Å²) in [6, 6.07) is 11.2. The lowest BCUT2D eigenvalue weighted by molar-refractivity contribution is -0.117. The Morgan fingerprint density at radius 2 is 1.93 bits per heavy atom. The van der Waals surface area contributed by atoms with Crippen LogP contribution in [0.25, 0.3) is 28.2 Å². The van der Waals surface area contributed by atoms with Crippen LogP contribution in [0.5, 0.6) is 5.75 Å². The summed E-state index contributed by atoms with van der Waals surface area (Å²) in [6.07, 6.45) is 9.24. The maximum Gasteiger partial charge on any atom is 0.264 e. The molecule has 1 aliphatic carbocycles. The fourth-order valence-electron chi connectivity index (χ4n) is 6.08. The van der Waals surface area contributed by atoms with Gasteiger partial charge in [0.25, 0.3) is 5.91 Å². The number of carbonyl (C=O) groups excluding carboxylic acids is 2. The zero-order valence-corrected chi connectivity index (χ0v) is 24.2. The first-order valence-electron chi connectivity index (χ1n) is 13.6. The van der Waals surface area contributed by atoms with Gasteiger partial charge in [0.2, 0.25) is 16.8 Å². The van der Waals surface area contributed by atoms with E-state index in [1.807, 2.05) is 40.4 Å². The van der Waals surface area contributed by atoms with Gasteiger partial charge in [0.05, 0.1) is 25.9 Å². The Morgan fingerprint density at radius 1 is 1.10 bits per heavy atom. The number of amides is 2. The summed E-state index contributed by atoms with van der Waals surface area (Å²) in [5.74, 6) is 0.124. The first-order valence-corrected chi connectivity index (χ1v) is 15.7. The molecule has 0 unspecified atom stereocenters. The molecule has 2 aromatic heterocycles. The van der Waals surface area contributed by atoms with Crippen molar-refractivity contribution in [2.45, 2.75) is 51.1 Å². The van der Waals surface area contributed by atoms with E-state index < -0.39 is 16.8 Å². The molecule has 1 fully saturated rings. The Kier molecular flexibility index (Phi) is 7.63. The first-order chi connectivity index (χ1) is 19.9. The van der Waals surface area contributed by atoms with Crippen LogP contribution in [-0.4, -0.2) is 36.9 Å². The number of hydrogen-bond acceptors (Lipinski definition) is 7. The number of nitrogens with zero attached hydrogens (tertiary/aromatic N) is 2. The maximum absolute atomic E-state index is 13.6. The summed E-state index contributed by atoms with van der Waals surface area (Å²) in [5, 5.41) is 6.71. The molecule has 1 saturated carbocycles. The molecule has 1 aliphatic heterocycles. The highest BCUT2D eigenvalue weighted by Crippen LogP contribution is 2.47. The van der Waals surface area contributed by atoms with Crippen LogP contribution in [0.15, 0.2) is 53.5 Å². The fourth-order valence-corrected chi connectivity index (χ4v) is 6.93. The standard InChI is InChI=1S/C30H30N4O5S2/c1-39-22-8-10-23-20(14-22)13-21(29(35)32-16-26-31-11-12-40-26)17-34-25-15-19(30(36)33-41(37)38)7-9-24(25)27(28(23)34)18-5-3-2-4-6-18/h7-15,18,41H,2-6,16-17H2,1H3,(H,32,35)(H,33,36,37,38). The van der Waals surface area contributed by atoms with Crippen molar-refractivity contribution in [2.24, 2.45) is 0 Å². The van der Waals surface area contributed by atoms with Crippen LogP contribution in [0.1, 0.15) is 64.5 Å². The van der Waals surface area contributed by atoms with Gasteiger partial charge in [-0.2, -0.15) is 0 Å². The monoisotopic (exact) mass is 590 g/mol. The molecule has 6 rings (SSSR count). The van der Waals surface area contributed by atoms with E-state index in [4.69, 9.17) is 4.74 Å². The Hall–Kier alpha value is -3.96. The van der Waals surface area contributed by atoms with Gasteiger partial charge in [-0.1, -0.05) is 25.3 Å². The van der Waals surface area contributed by atoms with Crippen LogP contribution in [-0.2, 0) is 28.8 Å². The predicted octanol–water partition coefficient (Wildman–Crippen LogP) is 4.79. The van der Waals surface area contributed by atoms with Crippen molar-refractivity contribution in [1.29, 1.82) is 0 Å². The average Bonchev–Trinajstić information content (AvgIpc) is 3.57. The SMILES string of the molecule is COc1ccc2c(c1)C=C(C(=O)NCc1nccs1)Cn1c-2c(C2CCCCC2)c2ccc(C(=O)N[SH](=O)=O)cc21. The molecule has 3 heterocycles. The summed E-state index contributed by atoms with van der Waals surface area (Å²) in [6.45, 7) is 0.600. The number of hydrogen-bond donors (Lipinski definition) is 3. The van der Waals surface area contributed by atoms with E-state index >= 15 is 0 Å². The van der Waals surface area contributed by atoms with Gasteiger partial charge in [-0.25, -0.2) is 13.4 Å². The highest BCUT2D eigenvalue weighted by atomic mass is 32.2. The molecule has 0 atom stereocenters. The lowest BCUT2D eigenvalue weighted by atomic mass is 9.81. The minimum Gasteiger partial charge on any atom is -0.497 e. The third kappa shape index (κ3) is 5.39. The van der Waals surface area contributed by atoms with Gasteiger partial charge in [0.1, 0.15) is 10.8 Å². The minimum absolute atomic E-state index is 0.208. The summed E-state index contributed by atoms with van der Waals surface area (Å²) in [5.41, 5.74) is 5.69. The van der Waals surface area contributed by atoms with Crippen molar-refractivity contribution in [3.63, 3.8) is 0 Å². The van der Waals surface area contributed by atoms with Crippen molar-refractivity contribution < 1.29 is 22.7 Å². The number of methoxy groups -OCH3 is 1. The zero-order chi connectivity index (χ0) is 28.5. The van der Waals surface area contributed by atoms with Crippen LogP contribution >= 0.6 is 11.3 Å². The average molecular weight is 591 g/mol. The second-order valence-corrected chi connectivity index (χ2v) is 12.1. The smallest absolute Gasteiger partial charge is 0.264 e. The third-order valence-corrected chi connectivity index (χ3v) is 9.08. The van der Waals surface area contributed by atoms with E-state index in [1.165, 1.54) is 23.3 Å². The van der Waals surface area contributed by atoms with Crippen molar-refractivity contribution in [3.05, 3.63) is 75.2 Å². The van der Waals surface area contributed by atoms with Crippen molar-refractivity contribution >= 4 is 51.0 Å². The molecule has 2 aromatic carbocycles. The summed E-state index contributed by atoms with van der Waals surface area (Å²) in [4.78, 5) is 30.5. The molecule has 2 amide bonds. The van der Waals surface area contributed by atoms with Gasteiger partial charge < -0.3 is 14.6 Å². The van der Waals surface area contributed by atoms with E-state index in [0.717, 1.165) is 58.4 Å². The van der Waals surface area contributed by atoms with Crippen LogP contribution < -0.4 is 14.8 Å². The van der Waals surface area contributed by atoms with Gasteiger partial charge in [-0.3, -0.25) is 14.3 Å². The fraction of sp³-hybridized carbons (Fsp3) is 0.300. The van der Waals surface area contributed by atoms with E-state index in [2.05, 4.69) is 14.9 Å². The van der Waals surface area contributed by atoms with Gasteiger partial charge in [-0.15, -0.1) is 11.3 Å². The number of aromatic nitrogens is 2. The highest BCUT2D eigenvalue weighted by Gasteiger charge is 2.30. The zero-order valence-electron chi connectivity index (χ0n) is 22.5. The van der Waals surface area contributed by atoms with E-state index in [0.29, 0.717) is 23.8 Å². The maximum atomic E-state index is 13.6. The molecule has 2 aliphatic rings. The normalized spacial score (nSPS) is 15.1. The van der Waals surface area contributed by atoms with Gasteiger partial charge in [0, 0.05) is 39.2 Å². The van der Waals surface area contributed by atoms with Crippen LogP contribution in [0.3, 0.4) is 0 Å². The summed E-state index contributed by atoms with van der Waals surface area (Å²) in [7, 11) is -1.46. The number of nitrogens with one attached hydrogen (secondary N) is 2. The van der Waals surface area contributed by atoms with Crippen molar-refractivity contribution in [2.75, 3.05) is 7.11 Å².